The fourth-order valence-corrected chi connectivity index (χ4v) is 2.33. The zero-order valence-electron chi connectivity index (χ0n) is 13.8. The monoisotopic (exact) mass is 288 g/mol. The minimum absolute atomic E-state index is 0.425. The van der Waals surface area contributed by atoms with E-state index in [1.165, 1.54) is 4.90 Å². The van der Waals surface area contributed by atoms with Crippen molar-refractivity contribution < 1.29 is 15.0 Å². The van der Waals surface area contributed by atoms with E-state index in [2.05, 4.69) is 19.2 Å². The quantitative estimate of drug-likeness (QED) is 0.642. The first kappa shape index (κ1) is 19.2. The van der Waals surface area contributed by atoms with E-state index in [1.54, 1.807) is 0 Å². The van der Waals surface area contributed by atoms with Gasteiger partial charge in [0.1, 0.15) is 0 Å². The topological polar surface area (TPSA) is 72.8 Å². The second-order valence-electron chi connectivity index (χ2n) is 6.80. The van der Waals surface area contributed by atoms with E-state index in [9.17, 15) is 15.0 Å². The highest BCUT2D eigenvalue weighted by atomic mass is 16.4. The van der Waals surface area contributed by atoms with Gasteiger partial charge in [-0.15, -0.1) is 0 Å². The summed E-state index contributed by atoms with van der Waals surface area (Å²) in [6.45, 7) is 13.0. The normalized spacial score (nSPS) is 15.2. The maximum absolute atomic E-state index is 11.6. The van der Waals surface area contributed by atoms with Gasteiger partial charge in [0, 0.05) is 12.1 Å². The van der Waals surface area contributed by atoms with Crippen LogP contribution in [0.15, 0.2) is 0 Å². The molecule has 0 aliphatic carbocycles. The SMILES string of the molecule is CCC[C@H](O)C(CNCC(C)C)N(C(=O)O)C(C)(C)C. The molecular formula is C15H32N2O3. The number of hydrogen-bond donors (Lipinski definition) is 3. The second kappa shape index (κ2) is 8.47. The van der Waals surface area contributed by atoms with Gasteiger partial charge in [0.15, 0.2) is 0 Å². The molecule has 3 N–H and O–H groups in total. The third-order valence-electron chi connectivity index (χ3n) is 3.20. The fourth-order valence-electron chi connectivity index (χ4n) is 2.33. The van der Waals surface area contributed by atoms with Crippen molar-refractivity contribution in [1.82, 2.24) is 10.2 Å². The van der Waals surface area contributed by atoms with Crippen LogP contribution in [0.1, 0.15) is 54.4 Å². The highest BCUT2D eigenvalue weighted by Crippen LogP contribution is 2.21. The Morgan fingerprint density at radius 1 is 1.25 bits per heavy atom. The van der Waals surface area contributed by atoms with E-state index in [-0.39, 0.29) is 0 Å². The van der Waals surface area contributed by atoms with Gasteiger partial charge in [0.2, 0.25) is 0 Å². The zero-order valence-corrected chi connectivity index (χ0v) is 13.8. The van der Waals surface area contributed by atoms with Crippen molar-refractivity contribution in [1.29, 1.82) is 0 Å². The number of aliphatic hydroxyl groups is 1. The first-order valence-corrected chi connectivity index (χ1v) is 7.52. The van der Waals surface area contributed by atoms with Gasteiger partial charge in [-0.1, -0.05) is 27.2 Å². The van der Waals surface area contributed by atoms with Gasteiger partial charge in [-0.3, -0.25) is 4.90 Å². The molecule has 20 heavy (non-hydrogen) atoms. The Morgan fingerprint density at radius 2 is 1.80 bits per heavy atom. The summed E-state index contributed by atoms with van der Waals surface area (Å²) in [5.41, 5.74) is -0.537. The van der Waals surface area contributed by atoms with Crippen LogP contribution in [0, 0.1) is 5.92 Å². The lowest BCUT2D eigenvalue weighted by Crippen LogP contribution is -2.58. The molecule has 0 rings (SSSR count). The number of nitrogens with one attached hydrogen (secondary N) is 1. The van der Waals surface area contributed by atoms with E-state index in [0.717, 1.165) is 13.0 Å². The number of nitrogens with zero attached hydrogens (tertiary/aromatic N) is 1. The lowest BCUT2D eigenvalue weighted by Gasteiger charge is -2.42. The van der Waals surface area contributed by atoms with Crippen molar-refractivity contribution in [2.75, 3.05) is 13.1 Å². The molecule has 1 amide bonds. The Morgan fingerprint density at radius 3 is 2.15 bits per heavy atom. The molecule has 120 valence electrons. The molecule has 5 nitrogen and oxygen atoms in total. The van der Waals surface area contributed by atoms with E-state index in [0.29, 0.717) is 18.9 Å². The van der Waals surface area contributed by atoms with Crippen LogP contribution < -0.4 is 5.32 Å². The van der Waals surface area contributed by atoms with Crippen molar-refractivity contribution in [3.63, 3.8) is 0 Å². The molecule has 5 heteroatoms. The van der Waals surface area contributed by atoms with Crippen LogP contribution in [0.2, 0.25) is 0 Å². The minimum Gasteiger partial charge on any atom is -0.465 e. The van der Waals surface area contributed by atoms with Crippen LogP contribution in [0.25, 0.3) is 0 Å². The number of carbonyl (C=O) groups is 1. The predicted octanol–water partition coefficient (Wildman–Crippen LogP) is 2.54. The van der Waals surface area contributed by atoms with Gasteiger partial charge in [0.05, 0.1) is 12.1 Å². The number of carboxylic acid groups (broad SMARTS) is 1. The average Bonchev–Trinajstić information content (AvgIpc) is 2.24. The maximum atomic E-state index is 11.6. The van der Waals surface area contributed by atoms with E-state index in [1.807, 2.05) is 27.7 Å². The summed E-state index contributed by atoms with van der Waals surface area (Å²) in [4.78, 5) is 13.0. The van der Waals surface area contributed by atoms with Crippen molar-refractivity contribution in [3.8, 4) is 0 Å². The Kier molecular flexibility index (Phi) is 8.13. The smallest absolute Gasteiger partial charge is 0.408 e. The maximum Gasteiger partial charge on any atom is 0.408 e. The summed E-state index contributed by atoms with van der Waals surface area (Å²) in [6, 6.07) is -0.425. The Labute approximate surface area is 123 Å². The summed E-state index contributed by atoms with van der Waals surface area (Å²) in [6.07, 6.45) is -0.188. The van der Waals surface area contributed by atoms with Gasteiger partial charge in [-0.25, -0.2) is 4.79 Å². The van der Waals surface area contributed by atoms with Gasteiger partial charge >= 0.3 is 6.09 Å². The molecular weight excluding hydrogens is 256 g/mol. The number of rotatable bonds is 8. The third-order valence-corrected chi connectivity index (χ3v) is 3.20. The average molecular weight is 288 g/mol. The molecule has 0 fully saturated rings. The van der Waals surface area contributed by atoms with Crippen molar-refractivity contribution in [2.24, 2.45) is 5.92 Å². The molecule has 2 atom stereocenters. The Hall–Kier alpha value is -0.810. The van der Waals surface area contributed by atoms with E-state index < -0.39 is 23.8 Å². The summed E-state index contributed by atoms with van der Waals surface area (Å²) in [5, 5.41) is 23.1. The number of hydrogen-bond acceptors (Lipinski definition) is 3. The Bertz CT molecular complexity index is 287. The molecule has 0 spiro atoms. The lowest BCUT2D eigenvalue weighted by atomic mass is 9.97. The number of amides is 1. The molecule has 0 radical (unpaired) electrons. The third kappa shape index (κ3) is 6.57. The van der Waals surface area contributed by atoms with Gasteiger partial charge in [-0.2, -0.15) is 0 Å². The lowest BCUT2D eigenvalue weighted by molar-refractivity contribution is 0.00400. The van der Waals surface area contributed by atoms with Gasteiger partial charge in [-0.05, 0) is 39.7 Å². The molecule has 0 saturated heterocycles. The summed E-state index contributed by atoms with van der Waals surface area (Å²) in [7, 11) is 0. The second-order valence-corrected chi connectivity index (χ2v) is 6.80. The number of aliphatic hydroxyl groups excluding tert-OH is 1. The Balaban J connectivity index is 5.00. The summed E-state index contributed by atoms with van der Waals surface area (Å²) < 4.78 is 0. The van der Waals surface area contributed by atoms with Gasteiger partial charge < -0.3 is 15.5 Å². The van der Waals surface area contributed by atoms with Crippen LogP contribution in [0.5, 0.6) is 0 Å². The van der Waals surface area contributed by atoms with E-state index in [4.69, 9.17) is 0 Å². The largest absolute Gasteiger partial charge is 0.465 e. The molecule has 0 aliphatic heterocycles. The zero-order chi connectivity index (χ0) is 15.9. The minimum atomic E-state index is -0.982. The van der Waals surface area contributed by atoms with Crippen LogP contribution in [-0.2, 0) is 0 Å². The van der Waals surface area contributed by atoms with Crippen LogP contribution in [0.3, 0.4) is 0 Å². The highest BCUT2D eigenvalue weighted by molar-refractivity contribution is 5.66. The first-order chi connectivity index (χ1) is 9.11. The highest BCUT2D eigenvalue weighted by Gasteiger charge is 2.36. The van der Waals surface area contributed by atoms with Crippen LogP contribution in [-0.4, -0.2) is 52.0 Å². The van der Waals surface area contributed by atoms with Crippen LogP contribution >= 0.6 is 0 Å². The molecule has 0 aromatic rings. The summed E-state index contributed by atoms with van der Waals surface area (Å²) >= 11 is 0. The first-order valence-electron chi connectivity index (χ1n) is 7.52. The van der Waals surface area contributed by atoms with Crippen molar-refractivity contribution in [2.45, 2.75) is 72.1 Å². The standard InChI is InChI=1S/C15H32N2O3/c1-7-8-13(18)12(10-16-9-11(2)3)17(14(19)20)15(4,5)6/h11-13,16,18H,7-10H2,1-6H3,(H,19,20)/t12?,13-/m0/s1. The van der Waals surface area contributed by atoms with Gasteiger partial charge in [0.25, 0.3) is 0 Å². The van der Waals surface area contributed by atoms with Crippen molar-refractivity contribution in [3.05, 3.63) is 0 Å². The molecule has 0 saturated carbocycles. The molecule has 0 aromatic heterocycles. The van der Waals surface area contributed by atoms with E-state index >= 15 is 0 Å². The molecule has 0 heterocycles. The predicted molar refractivity (Wildman–Crippen MR) is 82.0 cm³/mol. The fraction of sp³-hybridized carbons (Fsp3) is 0.933. The van der Waals surface area contributed by atoms with Crippen LogP contribution in [0.4, 0.5) is 4.79 Å². The molecule has 0 bridgehead atoms. The van der Waals surface area contributed by atoms with Crippen molar-refractivity contribution >= 4 is 6.09 Å². The molecule has 1 unspecified atom stereocenters. The molecule has 0 aromatic carbocycles. The molecule has 0 aliphatic rings. The summed E-state index contributed by atoms with van der Waals surface area (Å²) in [5.74, 6) is 0.492.